The Labute approximate surface area is 272 Å². The van der Waals surface area contributed by atoms with Crippen LogP contribution in [0.1, 0.15) is 37.3 Å². The first-order valence-electron chi connectivity index (χ1n) is 15.6. The molecule has 2 aromatic carbocycles. The number of fused-ring (bicyclic) bond motifs is 4. The number of alkyl halides is 4. The number of nitrogen functional groups attached to an aromatic ring is 1. The van der Waals surface area contributed by atoms with Gasteiger partial charge in [0.2, 0.25) is 0 Å². The van der Waals surface area contributed by atoms with Crippen molar-refractivity contribution in [2.45, 2.75) is 44.4 Å². The first-order chi connectivity index (χ1) is 22.4. The summed E-state index contributed by atoms with van der Waals surface area (Å²) < 4.78 is 82.4. The summed E-state index contributed by atoms with van der Waals surface area (Å²) in [7, 11) is 1.95. The number of nitrogens with two attached hydrogens (primary N) is 1. The highest BCUT2D eigenvalue weighted by Gasteiger charge is 2.42. The molecule has 248 valence electrons. The van der Waals surface area contributed by atoms with E-state index in [1.165, 1.54) is 12.1 Å². The van der Waals surface area contributed by atoms with E-state index >= 15 is 4.39 Å². The fraction of sp³-hybridized carbons (Fsp3) is 0.485. The van der Waals surface area contributed by atoms with Crippen molar-refractivity contribution >= 4 is 43.1 Å². The van der Waals surface area contributed by atoms with E-state index in [-0.39, 0.29) is 68.9 Å². The minimum atomic E-state index is -4.96. The molecule has 2 aromatic heterocycles. The van der Waals surface area contributed by atoms with E-state index in [9.17, 15) is 22.8 Å². The fourth-order valence-electron chi connectivity index (χ4n) is 7.65. The Morgan fingerprint density at radius 3 is 2.62 bits per heavy atom. The number of piperazine rings is 1. The van der Waals surface area contributed by atoms with Crippen LogP contribution < -0.4 is 20.7 Å². The highest BCUT2D eigenvalue weighted by Crippen LogP contribution is 2.48. The van der Waals surface area contributed by atoms with Crippen LogP contribution in [0.3, 0.4) is 0 Å². The van der Waals surface area contributed by atoms with Gasteiger partial charge in [-0.1, -0.05) is 19.1 Å². The van der Waals surface area contributed by atoms with Crippen molar-refractivity contribution in [2.24, 2.45) is 11.3 Å². The van der Waals surface area contributed by atoms with Crippen molar-refractivity contribution in [2.75, 3.05) is 57.1 Å². The Morgan fingerprint density at radius 2 is 1.94 bits per heavy atom. The molecule has 0 spiro atoms. The number of piperidine rings is 1. The molecular weight excluding hydrogens is 637 g/mol. The van der Waals surface area contributed by atoms with Gasteiger partial charge in [0.1, 0.15) is 22.4 Å². The second kappa shape index (κ2) is 11.7. The number of nitrogens with one attached hydrogen (secondary N) is 1. The molecule has 4 atom stereocenters. The van der Waals surface area contributed by atoms with Crippen molar-refractivity contribution in [3.8, 4) is 23.2 Å². The Bertz CT molecular complexity index is 1900. The fourth-order valence-corrected chi connectivity index (χ4v) is 8.59. The lowest BCUT2D eigenvalue weighted by Crippen LogP contribution is -2.51. The Kier molecular flexibility index (Phi) is 7.92. The predicted octanol–water partition coefficient (Wildman–Crippen LogP) is 6.37. The number of ether oxygens (including phenoxy) is 1. The SMILES string of the molecule is CN1CC[C@H](CF)[C@](C)(COc2nc(N3C[C@H]4CC[C@@H](C3)N4)c3cc(C(F)(F)F)c(-c4cccc5sc(N)c(C#N)c45)c(F)c3n2)C1. The maximum atomic E-state index is 17.0. The third-order valence-corrected chi connectivity index (χ3v) is 11.0. The predicted molar refractivity (Wildman–Crippen MR) is 172 cm³/mol. The molecule has 14 heteroatoms. The van der Waals surface area contributed by atoms with Crippen molar-refractivity contribution in [3.63, 3.8) is 0 Å². The van der Waals surface area contributed by atoms with Crippen LogP contribution in [0, 0.1) is 28.5 Å². The van der Waals surface area contributed by atoms with Crippen LogP contribution in [0.15, 0.2) is 24.3 Å². The van der Waals surface area contributed by atoms with Gasteiger partial charge in [-0.3, -0.25) is 4.39 Å². The lowest BCUT2D eigenvalue weighted by molar-refractivity contribution is -0.137. The van der Waals surface area contributed by atoms with Gasteiger partial charge < -0.3 is 25.6 Å². The number of rotatable bonds is 6. The molecule has 0 saturated carbocycles. The smallest absolute Gasteiger partial charge is 0.417 e. The number of anilines is 2. The number of likely N-dealkylation sites (tertiary alicyclic amines) is 1. The van der Waals surface area contributed by atoms with Crippen molar-refractivity contribution in [1.82, 2.24) is 20.2 Å². The van der Waals surface area contributed by atoms with Crippen LogP contribution in [-0.4, -0.2) is 73.5 Å². The van der Waals surface area contributed by atoms with Gasteiger partial charge in [0, 0.05) is 58.2 Å². The summed E-state index contributed by atoms with van der Waals surface area (Å²) in [6.07, 6.45) is -2.50. The van der Waals surface area contributed by atoms with Crippen LogP contribution in [0.5, 0.6) is 6.01 Å². The van der Waals surface area contributed by atoms with Gasteiger partial charge in [0.15, 0.2) is 5.82 Å². The molecule has 3 saturated heterocycles. The van der Waals surface area contributed by atoms with E-state index in [1.54, 1.807) is 6.07 Å². The number of aromatic nitrogens is 2. The maximum Gasteiger partial charge on any atom is 0.417 e. The molecule has 0 amide bonds. The largest absolute Gasteiger partial charge is 0.463 e. The molecule has 47 heavy (non-hydrogen) atoms. The molecule has 3 aliphatic rings. The standard InChI is InChI=1S/C33H34F5N7OS/c1-32(15-44(2)9-8-17(32)11-34)16-46-31-42-28-21(30(43-31)45-13-18-6-7-19(14-45)41-18)10-23(33(36,37)38)26(27(28)35)20-4-3-5-24-25(20)22(12-39)29(40)47-24/h3-5,10,17-19,41H,6-9,11,13-16,40H2,1-2H3/t17-,18-,19+,32+/m1/s1. The van der Waals surface area contributed by atoms with Gasteiger partial charge >= 0.3 is 12.2 Å². The summed E-state index contributed by atoms with van der Waals surface area (Å²) in [6, 6.07) is 7.43. The molecule has 7 rings (SSSR count). The molecule has 0 unspecified atom stereocenters. The summed E-state index contributed by atoms with van der Waals surface area (Å²) in [5.74, 6) is -1.32. The average molecular weight is 672 g/mol. The molecule has 0 radical (unpaired) electrons. The minimum absolute atomic E-state index is 0.00924. The van der Waals surface area contributed by atoms with E-state index in [1.807, 2.05) is 24.9 Å². The number of hydrogen-bond acceptors (Lipinski definition) is 9. The molecule has 4 aromatic rings. The normalized spacial score (nSPS) is 25.1. The Balaban J connectivity index is 1.44. The van der Waals surface area contributed by atoms with Crippen LogP contribution in [-0.2, 0) is 6.18 Å². The van der Waals surface area contributed by atoms with Crippen molar-refractivity contribution < 1.29 is 26.7 Å². The Hall–Kier alpha value is -3.80. The molecule has 3 aliphatic heterocycles. The summed E-state index contributed by atoms with van der Waals surface area (Å²) in [4.78, 5) is 13.0. The summed E-state index contributed by atoms with van der Waals surface area (Å²) >= 11 is 1.05. The molecule has 0 aliphatic carbocycles. The highest BCUT2D eigenvalue weighted by molar-refractivity contribution is 7.23. The van der Waals surface area contributed by atoms with E-state index in [0.717, 1.165) is 36.8 Å². The van der Waals surface area contributed by atoms with Gasteiger partial charge in [-0.25, -0.2) is 4.39 Å². The molecule has 3 N–H and O–H groups in total. The summed E-state index contributed by atoms with van der Waals surface area (Å²) in [5.41, 5.74) is 3.08. The van der Waals surface area contributed by atoms with Gasteiger partial charge in [-0.15, -0.1) is 11.3 Å². The molecule has 2 bridgehead atoms. The number of nitrogens with zero attached hydrogens (tertiary/aromatic N) is 5. The van der Waals surface area contributed by atoms with Crippen molar-refractivity contribution in [3.05, 3.63) is 41.2 Å². The zero-order valence-electron chi connectivity index (χ0n) is 25.9. The first kappa shape index (κ1) is 31.8. The summed E-state index contributed by atoms with van der Waals surface area (Å²) in [5, 5.41) is 13.5. The maximum absolute atomic E-state index is 17.0. The quantitative estimate of drug-likeness (QED) is 0.228. The number of thiophene rings is 1. The second-order valence-electron chi connectivity index (χ2n) is 13.3. The first-order valence-corrected chi connectivity index (χ1v) is 16.4. The van der Waals surface area contributed by atoms with Crippen LogP contribution in [0.2, 0.25) is 0 Å². The van der Waals surface area contributed by atoms with Crippen LogP contribution >= 0.6 is 11.3 Å². The molecule has 5 heterocycles. The van der Waals surface area contributed by atoms with Gasteiger partial charge in [-0.2, -0.15) is 28.4 Å². The molecule has 8 nitrogen and oxygen atoms in total. The topological polar surface area (TPSA) is 103 Å². The zero-order valence-corrected chi connectivity index (χ0v) is 26.7. The van der Waals surface area contributed by atoms with Crippen molar-refractivity contribution in [1.29, 1.82) is 5.26 Å². The number of benzene rings is 2. The third kappa shape index (κ3) is 5.52. The van der Waals surface area contributed by atoms with Gasteiger partial charge in [0.05, 0.1) is 24.4 Å². The van der Waals surface area contributed by atoms with Gasteiger partial charge in [0.25, 0.3) is 0 Å². The minimum Gasteiger partial charge on any atom is -0.463 e. The van der Waals surface area contributed by atoms with Crippen LogP contribution in [0.25, 0.3) is 32.1 Å². The number of nitriles is 1. The van der Waals surface area contributed by atoms with E-state index < -0.39 is 35.2 Å². The number of hydrogen-bond donors (Lipinski definition) is 2. The number of halogens is 5. The third-order valence-electron chi connectivity index (χ3n) is 10.0. The van der Waals surface area contributed by atoms with Crippen LogP contribution in [0.4, 0.5) is 32.8 Å². The van der Waals surface area contributed by atoms with E-state index in [0.29, 0.717) is 30.8 Å². The Morgan fingerprint density at radius 1 is 1.19 bits per heavy atom. The molecule has 3 fully saturated rings. The van der Waals surface area contributed by atoms with E-state index in [4.69, 9.17) is 10.5 Å². The second-order valence-corrected chi connectivity index (χ2v) is 14.4. The zero-order chi connectivity index (χ0) is 33.2. The van der Waals surface area contributed by atoms with Gasteiger partial charge in [-0.05, 0) is 56.5 Å². The summed E-state index contributed by atoms with van der Waals surface area (Å²) in [6.45, 7) is 3.69. The monoisotopic (exact) mass is 671 g/mol. The van der Waals surface area contributed by atoms with E-state index in [2.05, 4.69) is 20.2 Å². The highest BCUT2D eigenvalue weighted by atomic mass is 32.1. The lowest BCUT2D eigenvalue weighted by Gasteiger charge is -2.43. The lowest BCUT2D eigenvalue weighted by atomic mass is 9.73. The molecular formula is C33H34F5N7OS. The average Bonchev–Trinajstić information content (AvgIpc) is 3.55.